The van der Waals surface area contributed by atoms with E-state index in [4.69, 9.17) is 18.9 Å². The maximum absolute atomic E-state index is 12.6. The van der Waals surface area contributed by atoms with Crippen molar-refractivity contribution < 1.29 is 28.5 Å². The number of ether oxygens (including phenoxy) is 4. The Labute approximate surface area is 174 Å². The van der Waals surface area contributed by atoms with Crippen molar-refractivity contribution in [2.24, 2.45) is 0 Å². The Morgan fingerprint density at radius 3 is 2.23 bits per heavy atom. The molecule has 0 saturated heterocycles. The first-order valence-electron chi connectivity index (χ1n) is 9.05. The van der Waals surface area contributed by atoms with E-state index in [1.165, 1.54) is 32.3 Å². The number of hydrogen-bond acceptors (Lipinski definition) is 7. The molecule has 1 aliphatic rings. The van der Waals surface area contributed by atoms with Gasteiger partial charge >= 0.3 is 11.9 Å². The molecule has 0 fully saturated rings. The highest BCUT2D eigenvalue weighted by Crippen LogP contribution is 2.37. The summed E-state index contributed by atoms with van der Waals surface area (Å²) in [5.74, 6) is 0.263. The van der Waals surface area contributed by atoms with Crippen LogP contribution in [-0.4, -0.2) is 33.3 Å². The number of methoxy groups -OCH3 is 3. The lowest BCUT2D eigenvalue weighted by atomic mass is 10.1. The summed E-state index contributed by atoms with van der Waals surface area (Å²) >= 11 is 0. The molecule has 0 aliphatic carbocycles. The van der Waals surface area contributed by atoms with Crippen molar-refractivity contribution in [2.45, 2.75) is 0 Å². The van der Waals surface area contributed by atoms with Crippen molar-refractivity contribution in [3.63, 3.8) is 0 Å². The molecule has 1 heterocycles. The number of rotatable bonds is 6. The Balaban J connectivity index is 2.14. The molecule has 0 amide bonds. The lowest BCUT2D eigenvalue weighted by Crippen LogP contribution is -2.27. The highest BCUT2D eigenvalue weighted by molar-refractivity contribution is 6.05. The van der Waals surface area contributed by atoms with Crippen LogP contribution in [0.4, 0.5) is 5.69 Å². The molecule has 3 rings (SSSR count). The normalized spacial score (nSPS) is 13.0. The number of allylic oxidation sites excluding steroid dienone is 2. The molecule has 7 nitrogen and oxygen atoms in total. The standard InChI is InChI=1S/C23H21NO6/c1-27-20-13-12-17(30-16-9-5-4-6-10-16)15-19(20)24-14-8-7-11-18(22(25)28-2)21(24)23(26)29-3/h4-15H,1-3H3. The fourth-order valence-corrected chi connectivity index (χ4v) is 2.90. The molecular weight excluding hydrogens is 386 g/mol. The Morgan fingerprint density at radius 1 is 0.833 bits per heavy atom. The summed E-state index contributed by atoms with van der Waals surface area (Å²) < 4.78 is 21.2. The summed E-state index contributed by atoms with van der Waals surface area (Å²) in [6.45, 7) is 0. The Kier molecular flexibility index (Phi) is 6.54. The Morgan fingerprint density at radius 2 is 1.57 bits per heavy atom. The third-order valence-electron chi connectivity index (χ3n) is 4.28. The van der Waals surface area contributed by atoms with Crippen LogP contribution < -0.4 is 14.4 Å². The van der Waals surface area contributed by atoms with Crippen LogP contribution in [0, 0.1) is 0 Å². The predicted octanol–water partition coefficient (Wildman–Crippen LogP) is 3.98. The summed E-state index contributed by atoms with van der Waals surface area (Å²) in [5, 5.41) is 0. The maximum atomic E-state index is 12.6. The van der Waals surface area contributed by atoms with Crippen LogP contribution in [0.3, 0.4) is 0 Å². The first-order chi connectivity index (χ1) is 14.6. The van der Waals surface area contributed by atoms with E-state index < -0.39 is 11.9 Å². The van der Waals surface area contributed by atoms with E-state index in [2.05, 4.69) is 0 Å². The molecular formula is C23H21NO6. The molecule has 0 N–H and O–H groups in total. The first-order valence-corrected chi connectivity index (χ1v) is 9.05. The zero-order chi connectivity index (χ0) is 21.5. The van der Waals surface area contributed by atoms with E-state index in [1.807, 2.05) is 30.3 Å². The minimum absolute atomic E-state index is 0.00971. The molecule has 0 unspecified atom stereocenters. The van der Waals surface area contributed by atoms with Crippen molar-refractivity contribution in [2.75, 3.05) is 26.2 Å². The lowest BCUT2D eigenvalue weighted by Gasteiger charge is -2.25. The van der Waals surface area contributed by atoms with Gasteiger partial charge < -0.3 is 23.8 Å². The van der Waals surface area contributed by atoms with Gasteiger partial charge in [-0.3, -0.25) is 0 Å². The second-order valence-electron chi connectivity index (χ2n) is 6.06. The smallest absolute Gasteiger partial charge is 0.355 e. The third-order valence-corrected chi connectivity index (χ3v) is 4.28. The highest BCUT2D eigenvalue weighted by atomic mass is 16.5. The molecule has 0 bridgehead atoms. The molecule has 0 atom stereocenters. The quantitative estimate of drug-likeness (QED) is 0.671. The van der Waals surface area contributed by atoms with Gasteiger partial charge in [-0.1, -0.05) is 24.3 Å². The van der Waals surface area contributed by atoms with Crippen LogP contribution >= 0.6 is 0 Å². The van der Waals surface area contributed by atoms with E-state index in [0.29, 0.717) is 22.9 Å². The van der Waals surface area contributed by atoms with Crippen molar-refractivity contribution in [3.05, 3.63) is 84.2 Å². The van der Waals surface area contributed by atoms with Gasteiger partial charge in [-0.05, 0) is 36.4 Å². The maximum Gasteiger partial charge on any atom is 0.355 e. The number of benzene rings is 2. The van der Waals surface area contributed by atoms with E-state index in [1.54, 1.807) is 36.6 Å². The van der Waals surface area contributed by atoms with Gasteiger partial charge in [-0.2, -0.15) is 0 Å². The third kappa shape index (κ3) is 4.35. The van der Waals surface area contributed by atoms with Gasteiger partial charge in [0.25, 0.3) is 0 Å². The SMILES string of the molecule is COC(=O)C1=C(C(=O)OC)N(c2cc(Oc3ccccc3)ccc2OC)C=CC=C1. The van der Waals surface area contributed by atoms with Crippen LogP contribution in [-0.2, 0) is 19.1 Å². The van der Waals surface area contributed by atoms with Crippen LogP contribution in [0.2, 0.25) is 0 Å². The molecule has 2 aromatic carbocycles. The molecule has 7 heteroatoms. The first kappa shape index (κ1) is 20.7. The monoisotopic (exact) mass is 407 g/mol. The van der Waals surface area contributed by atoms with Gasteiger partial charge in [-0.25, -0.2) is 9.59 Å². The average molecular weight is 407 g/mol. The lowest BCUT2D eigenvalue weighted by molar-refractivity contribution is -0.139. The molecule has 30 heavy (non-hydrogen) atoms. The van der Waals surface area contributed by atoms with E-state index >= 15 is 0 Å². The Bertz CT molecular complexity index is 1020. The van der Waals surface area contributed by atoms with Gasteiger partial charge in [-0.15, -0.1) is 0 Å². The van der Waals surface area contributed by atoms with Gasteiger partial charge in [0.1, 0.15) is 22.9 Å². The van der Waals surface area contributed by atoms with E-state index in [0.717, 1.165) is 0 Å². The largest absolute Gasteiger partial charge is 0.495 e. The van der Waals surface area contributed by atoms with Crippen LogP contribution in [0.25, 0.3) is 0 Å². The topological polar surface area (TPSA) is 74.3 Å². The number of esters is 2. The molecule has 0 saturated carbocycles. The van der Waals surface area contributed by atoms with Crippen LogP contribution in [0.1, 0.15) is 0 Å². The zero-order valence-corrected chi connectivity index (χ0v) is 16.8. The van der Waals surface area contributed by atoms with Gasteiger partial charge in [0.15, 0.2) is 0 Å². The molecule has 0 aromatic heterocycles. The molecule has 154 valence electrons. The van der Waals surface area contributed by atoms with Crippen molar-refractivity contribution >= 4 is 17.6 Å². The summed E-state index contributed by atoms with van der Waals surface area (Å²) in [4.78, 5) is 26.5. The van der Waals surface area contributed by atoms with Gasteiger partial charge in [0.05, 0.1) is 32.6 Å². The van der Waals surface area contributed by atoms with Crippen LogP contribution in [0.5, 0.6) is 17.2 Å². The van der Waals surface area contributed by atoms with Crippen molar-refractivity contribution in [1.82, 2.24) is 0 Å². The summed E-state index contributed by atoms with van der Waals surface area (Å²) in [5.41, 5.74) is 0.517. The average Bonchev–Trinajstić information content (AvgIpc) is 3.01. The van der Waals surface area contributed by atoms with Crippen molar-refractivity contribution in [1.29, 1.82) is 0 Å². The molecule has 1 aliphatic heterocycles. The number of hydrogen-bond donors (Lipinski definition) is 0. The predicted molar refractivity (Wildman–Crippen MR) is 111 cm³/mol. The van der Waals surface area contributed by atoms with Crippen LogP contribution in [0.15, 0.2) is 84.2 Å². The number of carbonyl (C=O) groups is 2. The van der Waals surface area contributed by atoms with Gasteiger partial charge in [0.2, 0.25) is 0 Å². The summed E-state index contributed by atoms with van der Waals surface area (Å²) in [6.07, 6.45) is 6.43. The van der Waals surface area contributed by atoms with Crippen molar-refractivity contribution in [3.8, 4) is 17.2 Å². The minimum Gasteiger partial charge on any atom is -0.495 e. The fourth-order valence-electron chi connectivity index (χ4n) is 2.90. The van der Waals surface area contributed by atoms with E-state index in [9.17, 15) is 9.59 Å². The second-order valence-corrected chi connectivity index (χ2v) is 6.06. The number of nitrogens with zero attached hydrogens (tertiary/aromatic N) is 1. The second kappa shape index (κ2) is 9.47. The molecule has 0 radical (unpaired) electrons. The number of anilines is 1. The number of para-hydroxylation sites is 1. The summed E-state index contributed by atoms with van der Waals surface area (Å²) in [6, 6.07) is 14.4. The molecule has 0 spiro atoms. The number of carbonyl (C=O) groups excluding carboxylic acids is 2. The highest BCUT2D eigenvalue weighted by Gasteiger charge is 2.29. The van der Waals surface area contributed by atoms with Gasteiger partial charge in [0, 0.05) is 12.3 Å². The van der Waals surface area contributed by atoms with E-state index in [-0.39, 0.29) is 11.3 Å². The zero-order valence-electron chi connectivity index (χ0n) is 16.8. The fraction of sp³-hybridized carbons (Fsp3) is 0.130. The summed E-state index contributed by atoms with van der Waals surface area (Å²) in [7, 11) is 4.00. The Hall–Kier alpha value is -4.00. The molecule has 2 aromatic rings. The minimum atomic E-state index is -0.706.